The average Bonchev–Trinajstić information content (AvgIpc) is 3.32. The van der Waals surface area contributed by atoms with Gasteiger partial charge in [-0.05, 0) is 36.8 Å². The Morgan fingerprint density at radius 2 is 2.00 bits per heavy atom. The molecule has 0 radical (unpaired) electrons. The van der Waals surface area contributed by atoms with Crippen molar-refractivity contribution in [3.05, 3.63) is 80.3 Å². The van der Waals surface area contributed by atoms with Gasteiger partial charge < -0.3 is 5.73 Å². The van der Waals surface area contributed by atoms with Gasteiger partial charge in [-0.3, -0.25) is 14.5 Å². The minimum Gasteiger partial charge on any atom is -0.317 e. The summed E-state index contributed by atoms with van der Waals surface area (Å²) in [5, 5.41) is 13.7. The van der Waals surface area contributed by atoms with E-state index in [1.165, 1.54) is 35.7 Å². The number of nitro groups is 1. The molecule has 0 aliphatic heterocycles. The van der Waals surface area contributed by atoms with Gasteiger partial charge in [0.1, 0.15) is 16.5 Å². The Balaban J connectivity index is 1.78. The van der Waals surface area contributed by atoms with E-state index >= 15 is 0 Å². The third-order valence-corrected chi connectivity index (χ3v) is 5.41. The maximum Gasteiger partial charge on any atom is 0.286 e. The summed E-state index contributed by atoms with van der Waals surface area (Å²) in [6.07, 6.45) is 2.07. The maximum absolute atomic E-state index is 13.1. The maximum atomic E-state index is 13.1. The molecule has 0 saturated carbocycles. The van der Waals surface area contributed by atoms with Crippen molar-refractivity contribution in [3.63, 3.8) is 0 Å². The molecule has 0 bridgehead atoms. The van der Waals surface area contributed by atoms with E-state index in [1.807, 2.05) is 12.3 Å². The molecule has 9 heteroatoms. The smallest absolute Gasteiger partial charge is 0.286 e. The summed E-state index contributed by atoms with van der Waals surface area (Å²) in [5.41, 5.74) is 10.0. The average molecular weight is 397 g/mol. The van der Waals surface area contributed by atoms with Crippen molar-refractivity contribution >= 4 is 22.7 Å². The zero-order chi connectivity index (χ0) is 19.8. The van der Waals surface area contributed by atoms with Crippen molar-refractivity contribution in [2.75, 3.05) is 0 Å². The van der Waals surface area contributed by atoms with Crippen LogP contribution >= 0.6 is 11.3 Å². The summed E-state index contributed by atoms with van der Waals surface area (Å²) in [6, 6.07) is 8.53. The van der Waals surface area contributed by atoms with Gasteiger partial charge in [-0.2, -0.15) is 0 Å². The molecule has 3 heterocycles. The molecule has 1 atom stereocenters. The molecule has 0 spiro atoms. The quantitative estimate of drug-likeness (QED) is 0.403. The molecule has 2 N–H and O–H groups in total. The Morgan fingerprint density at radius 3 is 2.68 bits per heavy atom. The molecule has 1 unspecified atom stereocenters. The molecular weight excluding hydrogens is 381 g/mol. The van der Waals surface area contributed by atoms with Crippen LogP contribution in [0.2, 0.25) is 0 Å². The Bertz CT molecular complexity index is 1170. The number of fused-ring (bicyclic) bond motifs is 1. The fraction of sp³-hybridized carbons (Fsp3) is 0.158. The van der Waals surface area contributed by atoms with Gasteiger partial charge in [0.25, 0.3) is 5.69 Å². The van der Waals surface area contributed by atoms with Crippen molar-refractivity contribution in [2.45, 2.75) is 19.4 Å². The SMILES string of the molecule is CCc1nc2ccc([N+](=O)[O-])cn2c1C(N)c1nc(-c2ccc(F)cc2)cs1. The van der Waals surface area contributed by atoms with Crippen LogP contribution in [0.5, 0.6) is 0 Å². The number of rotatable bonds is 5. The largest absolute Gasteiger partial charge is 0.317 e. The summed E-state index contributed by atoms with van der Waals surface area (Å²) < 4.78 is 14.8. The number of aryl methyl sites for hydroxylation is 1. The van der Waals surface area contributed by atoms with Crippen LogP contribution in [0, 0.1) is 15.9 Å². The minimum absolute atomic E-state index is 0.0351. The Labute approximate surface area is 163 Å². The molecule has 142 valence electrons. The normalized spacial score (nSPS) is 12.4. The highest BCUT2D eigenvalue weighted by Gasteiger charge is 2.23. The number of nitrogens with zero attached hydrogens (tertiary/aromatic N) is 4. The van der Waals surface area contributed by atoms with Crippen LogP contribution in [0.4, 0.5) is 10.1 Å². The summed E-state index contributed by atoms with van der Waals surface area (Å²) in [4.78, 5) is 19.9. The molecule has 0 amide bonds. The van der Waals surface area contributed by atoms with Gasteiger partial charge in [0.2, 0.25) is 0 Å². The number of halogens is 1. The molecule has 1 aromatic carbocycles. The molecule has 0 fully saturated rings. The lowest BCUT2D eigenvalue weighted by molar-refractivity contribution is -0.385. The van der Waals surface area contributed by atoms with E-state index in [-0.39, 0.29) is 11.5 Å². The predicted octanol–water partition coefficient (Wildman–Crippen LogP) is 4.12. The van der Waals surface area contributed by atoms with Crippen molar-refractivity contribution < 1.29 is 9.31 Å². The van der Waals surface area contributed by atoms with E-state index in [1.54, 1.807) is 22.6 Å². The van der Waals surface area contributed by atoms with E-state index < -0.39 is 11.0 Å². The zero-order valence-electron chi connectivity index (χ0n) is 14.9. The second-order valence-electron chi connectivity index (χ2n) is 6.23. The fourth-order valence-corrected chi connectivity index (χ4v) is 3.93. The summed E-state index contributed by atoms with van der Waals surface area (Å²) >= 11 is 1.39. The van der Waals surface area contributed by atoms with Crippen molar-refractivity contribution in [1.82, 2.24) is 14.4 Å². The van der Waals surface area contributed by atoms with E-state index in [9.17, 15) is 14.5 Å². The lowest BCUT2D eigenvalue weighted by Crippen LogP contribution is -2.16. The Hall–Kier alpha value is -3.17. The number of imidazole rings is 1. The predicted molar refractivity (Wildman–Crippen MR) is 105 cm³/mol. The topological polar surface area (TPSA) is 99.3 Å². The summed E-state index contributed by atoms with van der Waals surface area (Å²) in [7, 11) is 0. The van der Waals surface area contributed by atoms with E-state index in [2.05, 4.69) is 9.97 Å². The first kappa shape index (κ1) is 18.2. The zero-order valence-corrected chi connectivity index (χ0v) is 15.7. The lowest BCUT2D eigenvalue weighted by Gasteiger charge is -2.10. The highest BCUT2D eigenvalue weighted by molar-refractivity contribution is 7.10. The number of thiazole rings is 1. The monoisotopic (exact) mass is 397 g/mol. The molecular formula is C19H16FN5O2S. The summed E-state index contributed by atoms with van der Waals surface area (Å²) in [5.74, 6) is -0.309. The van der Waals surface area contributed by atoms with Crippen LogP contribution < -0.4 is 5.73 Å². The first-order valence-electron chi connectivity index (χ1n) is 8.60. The van der Waals surface area contributed by atoms with Gasteiger partial charge in [0.05, 0.1) is 34.2 Å². The molecule has 28 heavy (non-hydrogen) atoms. The molecule has 4 rings (SSSR count). The van der Waals surface area contributed by atoms with Crippen LogP contribution in [0.1, 0.15) is 29.4 Å². The Morgan fingerprint density at radius 1 is 1.25 bits per heavy atom. The number of nitrogens with two attached hydrogens (primary N) is 1. The number of pyridine rings is 1. The van der Waals surface area contributed by atoms with Crippen molar-refractivity contribution in [1.29, 1.82) is 0 Å². The first-order valence-corrected chi connectivity index (χ1v) is 9.48. The van der Waals surface area contributed by atoms with E-state index in [0.717, 1.165) is 11.3 Å². The number of aromatic nitrogens is 3. The fourth-order valence-electron chi connectivity index (χ4n) is 3.10. The minimum atomic E-state index is -0.592. The molecule has 0 aliphatic carbocycles. The molecule has 0 saturated heterocycles. The third kappa shape index (κ3) is 3.14. The number of hydrogen-bond donors (Lipinski definition) is 1. The second kappa shape index (κ2) is 7.10. The molecule has 7 nitrogen and oxygen atoms in total. The summed E-state index contributed by atoms with van der Waals surface area (Å²) in [6.45, 7) is 1.96. The number of benzene rings is 1. The number of hydrogen-bond acceptors (Lipinski definition) is 6. The van der Waals surface area contributed by atoms with Crippen LogP contribution in [0.15, 0.2) is 48.0 Å². The highest BCUT2D eigenvalue weighted by atomic mass is 32.1. The van der Waals surface area contributed by atoms with Gasteiger partial charge in [0.15, 0.2) is 0 Å². The Kier molecular flexibility index (Phi) is 4.62. The van der Waals surface area contributed by atoms with E-state index in [0.29, 0.717) is 28.5 Å². The first-order chi connectivity index (χ1) is 13.5. The van der Waals surface area contributed by atoms with Gasteiger partial charge in [-0.15, -0.1) is 11.3 Å². The van der Waals surface area contributed by atoms with Crippen molar-refractivity contribution in [2.24, 2.45) is 5.73 Å². The molecule has 4 aromatic rings. The van der Waals surface area contributed by atoms with Crippen LogP contribution in [0.3, 0.4) is 0 Å². The van der Waals surface area contributed by atoms with Crippen molar-refractivity contribution in [3.8, 4) is 11.3 Å². The van der Waals surface area contributed by atoms with Crippen LogP contribution in [-0.4, -0.2) is 19.3 Å². The lowest BCUT2D eigenvalue weighted by atomic mass is 10.1. The standard InChI is InChI=1S/C19H16FN5O2S/c1-2-14-18(24-9-13(25(26)27)7-8-16(24)22-14)17(21)19-23-15(10-28-19)11-3-5-12(20)6-4-11/h3-10,17H,2,21H2,1H3. The van der Waals surface area contributed by atoms with Gasteiger partial charge in [-0.25, -0.2) is 14.4 Å². The van der Waals surface area contributed by atoms with Crippen LogP contribution in [-0.2, 0) is 6.42 Å². The molecule has 0 aliphatic rings. The second-order valence-corrected chi connectivity index (χ2v) is 7.12. The van der Waals surface area contributed by atoms with Gasteiger partial charge >= 0.3 is 0 Å². The highest BCUT2D eigenvalue weighted by Crippen LogP contribution is 2.31. The van der Waals surface area contributed by atoms with Crippen LogP contribution in [0.25, 0.3) is 16.9 Å². The third-order valence-electron chi connectivity index (χ3n) is 4.48. The molecule has 3 aromatic heterocycles. The van der Waals surface area contributed by atoms with Gasteiger partial charge in [0, 0.05) is 17.0 Å². The van der Waals surface area contributed by atoms with Gasteiger partial charge in [-0.1, -0.05) is 6.92 Å². The van der Waals surface area contributed by atoms with E-state index in [4.69, 9.17) is 5.73 Å².